The molecular formula is C9H21N3O. The van der Waals surface area contributed by atoms with Crippen LogP contribution in [0.2, 0.25) is 0 Å². The van der Waals surface area contributed by atoms with Crippen LogP contribution >= 0.6 is 0 Å². The minimum Gasteiger partial charge on any atom is -0.331 e. The smallest absolute Gasteiger partial charge is 0.319 e. The van der Waals surface area contributed by atoms with Crippen LogP contribution in [0.25, 0.3) is 0 Å². The van der Waals surface area contributed by atoms with Crippen LogP contribution < -0.4 is 5.73 Å². The molecule has 0 aliphatic carbocycles. The first-order valence-corrected chi connectivity index (χ1v) is 4.55. The quantitative estimate of drug-likeness (QED) is 0.708. The predicted octanol–water partition coefficient (Wildman–Crippen LogP) is 0.727. The van der Waals surface area contributed by atoms with Gasteiger partial charge in [0.2, 0.25) is 0 Å². The van der Waals surface area contributed by atoms with Crippen LogP contribution in [-0.4, -0.2) is 48.6 Å². The Hall–Kier alpha value is -0.770. The van der Waals surface area contributed by atoms with E-state index in [4.69, 9.17) is 5.73 Å². The van der Waals surface area contributed by atoms with Gasteiger partial charge in [0.15, 0.2) is 0 Å². The summed E-state index contributed by atoms with van der Waals surface area (Å²) >= 11 is 0. The highest BCUT2D eigenvalue weighted by molar-refractivity contribution is 5.74. The molecule has 2 N–H and O–H groups in total. The summed E-state index contributed by atoms with van der Waals surface area (Å²) in [4.78, 5) is 15.0. The van der Waals surface area contributed by atoms with E-state index >= 15 is 0 Å². The molecule has 4 heteroatoms. The first-order valence-electron chi connectivity index (χ1n) is 4.55. The SMILES string of the molecule is CCN(C(=O)N(C)C)C(C)(C)CN. The third kappa shape index (κ3) is 2.88. The Kier molecular flexibility index (Phi) is 4.20. The van der Waals surface area contributed by atoms with E-state index in [1.165, 1.54) is 0 Å². The molecule has 0 bridgehead atoms. The molecule has 0 aliphatic rings. The number of amides is 2. The zero-order valence-corrected chi connectivity index (χ0v) is 9.29. The van der Waals surface area contributed by atoms with Crippen molar-refractivity contribution in [2.24, 2.45) is 5.73 Å². The maximum Gasteiger partial charge on any atom is 0.319 e. The van der Waals surface area contributed by atoms with Gasteiger partial charge in [0.05, 0.1) is 5.54 Å². The van der Waals surface area contributed by atoms with Crippen molar-refractivity contribution in [3.05, 3.63) is 0 Å². The van der Waals surface area contributed by atoms with Crippen molar-refractivity contribution >= 4 is 6.03 Å². The van der Waals surface area contributed by atoms with E-state index in [2.05, 4.69) is 0 Å². The molecule has 13 heavy (non-hydrogen) atoms. The van der Waals surface area contributed by atoms with Gasteiger partial charge in [-0.25, -0.2) is 4.79 Å². The van der Waals surface area contributed by atoms with Gasteiger partial charge in [-0.1, -0.05) is 0 Å². The molecular weight excluding hydrogens is 166 g/mol. The largest absolute Gasteiger partial charge is 0.331 e. The first kappa shape index (κ1) is 12.2. The lowest BCUT2D eigenvalue weighted by atomic mass is 10.0. The van der Waals surface area contributed by atoms with Crippen LogP contribution in [0.3, 0.4) is 0 Å². The van der Waals surface area contributed by atoms with Crippen molar-refractivity contribution in [2.75, 3.05) is 27.2 Å². The van der Waals surface area contributed by atoms with Gasteiger partial charge in [0.25, 0.3) is 0 Å². The Morgan fingerprint density at radius 1 is 1.38 bits per heavy atom. The lowest BCUT2D eigenvalue weighted by Crippen LogP contribution is -2.55. The van der Waals surface area contributed by atoms with Crippen LogP contribution in [0.15, 0.2) is 0 Å². The highest BCUT2D eigenvalue weighted by Crippen LogP contribution is 2.13. The Balaban J connectivity index is 4.60. The van der Waals surface area contributed by atoms with Crippen LogP contribution in [-0.2, 0) is 0 Å². The van der Waals surface area contributed by atoms with Gasteiger partial charge < -0.3 is 15.5 Å². The fourth-order valence-corrected chi connectivity index (χ4v) is 1.17. The number of hydrogen-bond donors (Lipinski definition) is 1. The Labute approximate surface area is 80.7 Å². The molecule has 0 saturated carbocycles. The summed E-state index contributed by atoms with van der Waals surface area (Å²) in [6.45, 7) is 7.05. The molecule has 0 aromatic carbocycles. The Morgan fingerprint density at radius 2 is 1.85 bits per heavy atom. The zero-order valence-electron chi connectivity index (χ0n) is 9.29. The lowest BCUT2D eigenvalue weighted by Gasteiger charge is -2.38. The molecule has 4 nitrogen and oxygen atoms in total. The number of rotatable bonds is 3. The van der Waals surface area contributed by atoms with Crippen molar-refractivity contribution in [1.29, 1.82) is 0 Å². The second-order valence-corrected chi connectivity index (χ2v) is 3.94. The van der Waals surface area contributed by atoms with Crippen LogP contribution in [0, 0.1) is 0 Å². The van der Waals surface area contributed by atoms with E-state index in [-0.39, 0.29) is 11.6 Å². The average molecular weight is 187 g/mol. The first-order chi connectivity index (χ1) is 5.86. The van der Waals surface area contributed by atoms with E-state index in [1.54, 1.807) is 23.9 Å². The topological polar surface area (TPSA) is 49.6 Å². The van der Waals surface area contributed by atoms with Crippen molar-refractivity contribution in [2.45, 2.75) is 26.3 Å². The third-order valence-electron chi connectivity index (χ3n) is 2.16. The van der Waals surface area contributed by atoms with Gasteiger partial charge in [-0.05, 0) is 20.8 Å². The van der Waals surface area contributed by atoms with Crippen molar-refractivity contribution in [3.8, 4) is 0 Å². The third-order valence-corrected chi connectivity index (χ3v) is 2.16. The van der Waals surface area contributed by atoms with Gasteiger partial charge in [0.1, 0.15) is 0 Å². The molecule has 0 fully saturated rings. The number of nitrogens with two attached hydrogens (primary N) is 1. The standard InChI is InChI=1S/C9H21N3O/c1-6-12(8(13)11(4)5)9(2,3)7-10/h6-7,10H2,1-5H3. The van der Waals surface area contributed by atoms with Crippen LogP contribution in [0.1, 0.15) is 20.8 Å². The number of carbonyl (C=O) groups is 1. The van der Waals surface area contributed by atoms with Gasteiger partial charge in [-0.3, -0.25) is 0 Å². The molecule has 0 aliphatic heterocycles. The maximum atomic E-state index is 11.7. The van der Waals surface area contributed by atoms with E-state index in [9.17, 15) is 4.79 Å². The summed E-state index contributed by atoms with van der Waals surface area (Å²) < 4.78 is 0. The zero-order chi connectivity index (χ0) is 10.6. The molecule has 0 aromatic rings. The number of urea groups is 1. The van der Waals surface area contributed by atoms with Crippen molar-refractivity contribution in [1.82, 2.24) is 9.80 Å². The molecule has 0 spiro atoms. The fraction of sp³-hybridized carbons (Fsp3) is 0.889. The van der Waals surface area contributed by atoms with Crippen molar-refractivity contribution < 1.29 is 4.79 Å². The summed E-state index contributed by atoms with van der Waals surface area (Å²) in [5, 5.41) is 0. The second-order valence-electron chi connectivity index (χ2n) is 3.94. The van der Waals surface area contributed by atoms with E-state index in [0.717, 1.165) is 0 Å². The average Bonchev–Trinajstić information content (AvgIpc) is 2.05. The summed E-state index contributed by atoms with van der Waals surface area (Å²) in [5.41, 5.74) is 5.34. The molecule has 0 rings (SSSR count). The van der Waals surface area contributed by atoms with E-state index < -0.39 is 0 Å². The predicted molar refractivity (Wildman–Crippen MR) is 54.6 cm³/mol. The number of carbonyl (C=O) groups excluding carboxylic acids is 1. The number of nitrogens with zero attached hydrogens (tertiary/aromatic N) is 2. The molecule has 0 aromatic heterocycles. The minimum atomic E-state index is -0.268. The Morgan fingerprint density at radius 3 is 2.08 bits per heavy atom. The normalized spacial score (nSPS) is 11.2. The summed E-state index contributed by atoms with van der Waals surface area (Å²) in [7, 11) is 3.50. The van der Waals surface area contributed by atoms with Gasteiger partial charge in [-0.15, -0.1) is 0 Å². The van der Waals surface area contributed by atoms with Crippen molar-refractivity contribution in [3.63, 3.8) is 0 Å². The van der Waals surface area contributed by atoms with Gasteiger partial charge in [-0.2, -0.15) is 0 Å². The molecule has 78 valence electrons. The van der Waals surface area contributed by atoms with Crippen LogP contribution in [0.4, 0.5) is 4.79 Å². The summed E-state index contributed by atoms with van der Waals surface area (Å²) in [6.07, 6.45) is 0. The molecule has 0 heterocycles. The number of hydrogen-bond acceptors (Lipinski definition) is 2. The van der Waals surface area contributed by atoms with Gasteiger partial charge >= 0.3 is 6.03 Å². The van der Waals surface area contributed by atoms with Gasteiger partial charge in [0, 0.05) is 27.2 Å². The lowest BCUT2D eigenvalue weighted by molar-refractivity contribution is 0.121. The van der Waals surface area contributed by atoms with E-state index in [1.807, 2.05) is 20.8 Å². The molecule has 0 saturated heterocycles. The maximum absolute atomic E-state index is 11.7. The Bertz CT molecular complexity index is 178. The van der Waals surface area contributed by atoms with E-state index in [0.29, 0.717) is 13.1 Å². The summed E-state index contributed by atoms with van der Waals surface area (Å²) in [5.74, 6) is 0. The molecule has 0 unspecified atom stereocenters. The van der Waals surface area contributed by atoms with Crippen LogP contribution in [0.5, 0.6) is 0 Å². The minimum absolute atomic E-state index is 0.0120. The molecule has 0 radical (unpaired) electrons. The highest BCUT2D eigenvalue weighted by Gasteiger charge is 2.28. The molecule has 2 amide bonds. The monoisotopic (exact) mass is 187 g/mol. The second kappa shape index (κ2) is 4.46. The highest BCUT2D eigenvalue weighted by atomic mass is 16.2. The fourth-order valence-electron chi connectivity index (χ4n) is 1.17. The molecule has 0 atom stereocenters. The number of likely N-dealkylation sites (N-methyl/N-ethyl adjacent to an activating group) is 1. The summed E-state index contributed by atoms with van der Waals surface area (Å²) in [6, 6.07) is 0.0120.